The summed E-state index contributed by atoms with van der Waals surface area (Å²) in [4.78, 5) is 9.36. The van der Waals surface area contributed by atoms with Crippen molar-refractivity contribution in [3.8, 4) is 0 Å². The quantitative estimate of drug-likeness (QED) is 0.875. The van der Waals surface area contributed by atoms with E-state index in [0.29, 0.717) is 0 Å². The molecule has 6 heteroatoms. The van der Waals surface area contributed by atoms with Crippen LogP contribution in [0.5, 0.6) is 0 Å². The summed E-state index contributed by atoms with van der Waals surface area (Å²) in [5, 5.41) is 12.1. The zero-order valence-electron chi connectivity index (χ0n) is 11.3. The summed E-state index contributed by atoms with van der Waals surface area (Å²) in [7, 11) is 2.23. The highest BCUT2D eigenvalue weighted by atomic mass is 32.1. The van der Waals surface area contributed by atoms with E-state index < -0.39 is 0 Å². The van der Waals surface area contributed by atoms with Crippen LogP contribution in [-0.4, -0.2) is 60.4 Å². The lowest BCUT2D eigenvalue weighted by atomic mass is 9.86. The number of rotatable bonds is 2. The third-order valence-electron chi connectivity index (χ3n) is 4.40. The maximum Gasteiger partial charge on any atom is 0.185 e. The van der Waals surface area contributed by atoms with Crippen molar-refractivity contribution in [2.75, 3.05) is 44.8 Å². The summed E-state index contributed by atoms with van der Waals surface area (Å²) < 4.78 is 5.52. The van der Waals surface area contributed by atoms with Gasteiger partial charge in [-0.2, -0.15) is 0 Å². The maximum absolute atomic E-state index is 9.13. The molecule has 0 aliphatic carbocycles. The number of aromatic nitrogens is 1. The first-order valence-corrected chi connectivity index (χ1v) is 7.71. The molecule has 3 heterocycles. The predicted octanol–water partition coefficient (Wildman–Crippen LogP) is 0.936. The van der Waals surface area contributed by atoms with Crippen LogP contribution in [0.4, 0.5) is 5.13 Å². The van der Waals surface area contributed by atoms with E-state index in [4.69, 9.17) is 9.84 Å². The molecule has 0 atom stereocenters. The van der Waals surface area contributed by atoms with Crippen LogP contribution < -0.4 is 4.90 Å². The summed E-state index contributed by atoms with van der Waals surface area (Å²) >= 11 is 1.63. The molecule has 106 valence electrons. The minimum Gasteiger partial charge on any atom is -0.390 e. The summed E-state index contributed by atoms with van der Waals surface area (Å²) in [5.41, 5.74) is 1.02. The van der Waals surface area contributed by atoms with Crippen LogP contribution in [0.1, 0.15) is 18.5 Å². The number of aliphatic hydroxyl groups is 1. The van der Waals surface area contributed by atoms with Gasteiger partial charge in [0.25, 0.3) is 0 Å². The number of piperazine rings is 1. The van der Waals surface area contributed by atoms with Crippen LogP contribution >= 0.6 is 11.3 Å². The van der Waals surface area contributed by atoms with E-state index in [2.05, 4.69) is 21.8 Å². The Balaban J connectivity index is 1.77. The molecule has 5 nitrogen and oxygen atoms in total. The van der Waals surface area contributed by atoms with Gasteiger partial charge in [0.15, 0.2) is 5.13 Å². The van der Waals surface area contributed by atoms with E-state index in [0.717, 1.165) is 56.5 Å². The number of hydrogen-bond donors (Lipinski definition) is 1. The molecule has 2 aliphatic rings. The average molecular weight is 283 g/mol. The molecule has 2 aliphatic heterocycles. The van der Waals surface area contributed by atoms with Crippen LogP contribution in [0.3, 0.4) is 0 Å². The third-order valence-corrected chi connectivity index (χ3v) is 5.35. The Bertz CT molecular complexity index is 431. The van der Waals surface area contributed by atoms with Gasteiger partial charge in [-0.25, -0.2) is 4.98 Å². The highest BCUT2D eigenvalue weighted by Crippen LogP contribution is 2.33. The molecule has 0 saturated carbocycles. The molecule has 0 amide bonds. The van der Waals surface area contributed by atoms with Crippen molar-refractivity contribution in [3.63, 3.8) is 0 Å². The molecule has 3 rings (SSSR count). The number of hydrogen-bond acceptors (Lipinski definition) is 6. The predicted molar refractivity (Wildman–Crippen MR) is 75.7 cm³/mol. The van der Waals surface area contributed by atoms with Crippen molar-refractivity contribution < 1.29 is 9.84 Å². The molecule has 1 spiro atoms. The van der Waals surface area contributed by atoms with E-state index in [1.165, 1.54) is 0 Å². The Morgan fingerprint density at radius 1 is 1.42 bits per heavy atom. The number of likely N-dealkylation sites (N-methyl/N-ethyl adjacent to an activating group) is 1. The topological polar surface area (TPSA) is 48.8 Å². The molecule has 1 N–H and O–H groups in total. The molecule has 0 aromatic carbocycles. The molecule has 0 unspecified atom stereocenters. The molecule has 0 radical (unpaired) electrons. The van der Waals surface area contributed by atoms with Gasteiger partial charge in [0.05, 0.1) is 12.3 Å². The average Bonchev–Trinajstić information content (AvgIpc) is 2.92. The number of anilines is 1. The van der Waals surface area contributed by atoms with Gasteiger partial charge in [0.1, 0.15) is 0 Å². The third kappa shape index (κ3) is 2.50. The van der Waals surface area contributed by atoms with Crippen LogP contribution in [0.25, 0.3) is 0 Å². The van der Waals surface area contributed by atoms with Gasteiger partial charge >= 0.3 is 0 Å². The Labute approximate surface area is 117 Å². The van der Waals surface area contributed by atoms with Crippen molar-refractivity contribution in [1.29, 1.82) is 0 Å². The summed E-state index contributed by atoms with van der Waals surface area (Å²) in [6, 6.07) is 0. The van der Waals surface area contributed by atoms with E-state index in [1.807, 2.05) is 5.38 Å². The zero-order valence-corrected chi connectivity index (χ0v) is 12.2. The van der Waals surface area contributed by atoms with E-state index in [9.17, 15) is 0 Å². The molecule has 1 aromatic rings. The molecular weight excluding hydrogens is 262 g/mol. The van der Waals surface area contributed by atoms with Crippen molar-refractivity contribution >= 4 is 16.5 Å². The number of aliphatic hydroxyl groups excluding tert-OH is 1. The Morgan fingerprint density at radius 2 is 2.21 bits per heavy atom. The van der Waals surface area contributed by atoms with Gasteiger partial charge in [0, 0.05) is 43.8 Å². The second-order valence-corrected chi connectivity index (χ2v) is 6.30. The van der Waals surface area contributed by atoms with Crippen LogP contribution in [0.15, 0.2) is 5.38 Å². The largest absolute Gasteiger partial charge is 0.390 e. The smallest absolute Gasteiger partial charge is 0.185 e. The first-order valence-electron chi connectivity index (χ1n) is 6.83. The Morgan fingerprint density at radius 3 is 2.89 bits per heavy atom. The summed E-state index contributed by atoms with van der Waals surface area (Å²) in [6.45, 7) is 4.84. The fourth-order valence-corrected chi connectivity index (χ4v) is 3.88. The second kappa shape index (κ2) is 5.36. The molecule has 0 bridgehead atoms. The number of nitrogens with zero attached hydrogens (tertiary/aromatic N) is 3. The molecular formula is C13H21N3O2S. The lowest BCUT2D eigenvalue weighted by Gasteiger charge is -2.51. The van der Waals surface area contributed by atoms with Crippen LogP contribution in [-0.2, 0) is 11.3 Å². The lowest BCUT2D eigenvalue weighted by Crippen LogP contribution is -2.63. The fourth-order valence-electron chi connectivity index (χ4n) is 3.03. The van der Waals surface area contributed by atoms with E-state index in [1.54, 1.807) is 11.3 Å². The minimum atomic E-state index is 0.0310. The van der Waals surface area contributed by atoms with E-state index >= 15 is 0 Å². The highest BCUT2D eigenvalue weighted by Gasteiger charge is 2.41. The van der Waals surface area contributed by atoms with Gasteiger partial charge in [-0.3, -0.25) is 4.90 Å². The Kier molecular flexibility index (Phi) is 3.75. The van der Waals surface area contributed by atoms with Gasteiger partial charge in [-0.05, 0) is 19.9 Å². The zero-order chi connectivity index (χ0) is 13.3. The normalized spacial score (nSPS) is 24.0. The lowest BCUT2D eigenvalue weighted by molar-refractivity contribution is -0.0220. The Hall–Kier alpha value is -0.690. The minimum absolute atomic E-state index is 0.0310. The van der Waals surface area contributed by atoms with Crippen LogP contribution in [0, 0.1) is 0 Å². The maximum atomic E-state index is 9.13. The monoisotopic (exact) mass is 283 g/mol. The molecule has 2 saturated heterocycles. The fraction of sp³-hybridized carbons (Fsp3) is 0.769. The standard InChI is InChI=1S/C13H21N3O2S/c1-15-4-5-16(12-14-11(8-17)9-19-12)10-13(15)2-6-18-7-3-13/h9,17H,2-8,10H2,1H3. The van der Waals surface area contributed by atoms with Crippen LogP contribution in [0.2, 0.25) is 0 Å². The van der Waals surface area contributed by atoms with Gasteiger partial charge in [-0.15, -0.1) is 11.3 Å². The molecule has 19 heavy (non-hydrogen) atoms. The molecule has 2 fully saturated rings. The number of ether oxygens (including phenoxy) is 1. The van der Waals surface area contributed by atoms with Gasteiger partial charge < -0.3 is 14.7 Å². The van der Waals surface area contributed by atoms with Crippen molar-refractivity contribution in [2.45, 2.75) is 25.0 Å². The van der Waals surface area contributed by atoms with Gasteiger partial charge in [0.2, 0.25) is 0 Å². The van der Waals surface area contributed by atoms with Crippen molar-refractivity contribution in [1.82, 2.24) is 9.88 Å². The van der Waals surface area contributed by atoms with Crippen molar-refractivity contribution in [2.24, 2.45) is 0 Å². The summed E-state index contributed by atoms with van der Waals surface area (Å²) in [6.07, 6.45) is 2.19. The first-order chi connectivity index (χ1) is 9.23. The first kappa shape index (κ1) is 13.3. The molecule has 1 aromatic heterocycles. The summed E-state index contributed by atoms with van der Waals surface area (Å²) in [5.74, 6) is 0. The van der Waals surface area contributed by atoms with Gasteiger partial charge in [-0.1, -0.05) is 0 Å². The number of thiazole rings is 1. The highest BCUT2D eigenvalue weighted by molar-refractivity contribution is 7.13. The second-order valence-electron chi connectivity index (χ2n) is 5.46. The SMILES string of the molecule is CN1CCN(c2nc(CO)cs2)CC12CCOCC2. The van der Waals surface area contributed by atoms with E-state index in [-0.39, 0.29) is 12.1 Å². The van der Waals surface area contributed by atoms with Crippen molar-refractivity contribution in [3.05, 3.63) is 11.1 Å².